The third-order valence-corrected chi connectivity index (χ3v) is 5.86. The fourth-order valence-electron chi connectivity index (χ4n) is 4.29. The topological polar surface area (TPSA) is 56.4 Å². The smallest absolute Gasteiger partial charge is 0.255 e. The first-order valence-corrected chi connectivity index (χ1v) is 9.61. The van der Waals surface area contributed by atoms with Crippen LogP contribution in [0.2, 0.25) is 0 Å². The van der Waals surface area contributed by atoms with Crippen molar-refractivity contribution in [3.05, 3.63) is 23.5 Å². The van der Waals surface area contributed by atoms with E-state index in [4.69, 9.17) is 0 Å². The molecule has 1 N–H and O–H groups in total. The van der Waals surface area contributed by atoms with Gasteiger partial charge in [-0.15, -0.1) is 0 Å². The molecule has 1 aromatic rings. The lowest BCUT2D eigenvalue weighted by molar-refractivity contribution is -0.139. The number of aromatic amines is 1. The quantitative estimate of drug-likeness (QED) is 0.911. The number of carbonyl (C=O) groups is 2. The SMILES string of the molecule is Cc1[nH]ccc1C(=O)N1CCC[C@@]2(CCC(=O)N(CCC(C)C)C2)C1. The van der Waals surface area contributed by atoms with Crippen LogP contribution < -0.4 is 0 Å². The molecule has 2 aliphatic rings. The number of amides is 2. The standard InChI is InChI=1S/C20H31N3O2/c1-15(2)7-12-22-13-20(9-5-18(22)24)8-4-11-23(14-20)19(25)17-6-10-21-16(17)3/h6,10,15,21H,4-5,7-9,11-14H2,1-3H3/t20-/m0/s1. The Morgan fingerprint density at radius 1 is 1.32 bits per heavy atom. The predicted octanol–water partition coefficient (Wildman–Crippen LogP) is 3.21. The summed E-state index contributed by atoms with van der Waals surface area (Å²) in [4.78, 5) is 32.4. The summed E-state index contributed by atoms with van der Waals surface area (Å²) in [6, 6.07) is 1.87. The molecule has 1 aromatic heterocycles. The lowest BCUT2D eigenvalue weighted by atomic mass is 9.73. The summed E-state index contributed by atoms with van der Waals surface area (Å²) in [5.74, 6) is 1.02. The number of piperidine rings is 2. The van der Waals surface area contributed by atoms with Gasteiger partial charge in [0.25, 0.3) is 5.91 Å². The molecule has 1 spiro atoms. The normalized spacial score (nSPS) is 24.4. The summed E-state index contributed by atoms with van der Waals surface area (Å²) in [6.45, 7) is 9.61. The minimum Gasteiger partial charge on any atom is -0.365 e. The third-order valence-electron chi connectivity index (χ3n) is 5.86. The fourth-order valence-corrected chi connectivity index (χ4v) is 4.29. The van der Waals surface area contributed by atoms with Crippen LogP contribution in [-0.4, -0.2) is 52.8 Å². The monoisotopic (exact) mass is 345 g/mol. The molecule has 0 radical (unpaired) electrons. The lowest BCUT2D eigenvalue weighted by Gasteiger charge is -2.48. The summed E-state index contributed by atoms with van der Waals surface area (Å²) in [7, 11) is 0. The van der Waals surface area contributed by atoms with Crippen molar-refractivity contribution in [3.63, 3.8) is 0 Å². The molecule has 3 heterocycles. The van der Waals surface area contributed by atoms with Crippen molar-refractivity contribution in [3.8, 4) is 0 Å². The molecule has 5 heteroatoms. The summed E-state index contributed by atoms with van der Waals surface area (Å²) >= 11 is 0. The molecule has 3 rings (SSSR count). The van der Waals surface area contributed by atoms with Crippen LogP contribution in [0.15, 0.2) is 12.3 Å². The molecule has 2 aliphatic heterocycles. The van der Waals surface area contributed by atoms with Crippen molar-refractivity contribution >= 4 is 11.8 Å². The number of aryl methyl sites for hydroxylation is 1. The van der Waals surface area contributed by atoms with Crippen LogP contribution in [0.3, 0.4) is 0 Å². The highest BCUT2D eigenvalue weighted by molar-refractivity contribution is 5.95. The minimum absolute atomic E-state index is 0.0863. The van der Waals surface area contributed by atoms with Crippen molar-refractivity contribution in [2.45, 2.75) is 52.9 Å². The van der Waals surface area contributed by atoms with E-state index in [9.17, 15) is 9.59 Å². The number of nitrogens with one attached hydrogen (secondary N) is 1. The summed E-state index contributed by atoms with van der Waals surface area (Å²) < 4.78 is 0. The number of hydrogen-bond acceptors (Lipinski definition) is 2. The zero-order chi connectivity index (χ0) is 18.0. The van der Waals surface area contributed by atoms with E-state index < -0.39 is 0 Å². The highest BCUT2D eigenvalue weighted by Gasteiger charge is 2.42. The first-order valence-electron chi connectivity index (χ1n) is 9.61. The molecule has 0 aromatic carbocycles. The average Bonchev–Trinajstić information content (AvgIpc) is 3.01. The Morgan fingerprint density at radius 2 is 2.12 bits per heavy atom. The minimum atomic E-state index is 0.0863. The second kappa shape index (κ2) is 7.22. The zero-order valence-corrected chi connectivity index (χ0v) is 15.8. The van der Waals surface area contributed by atoms with Gasteiger partial charge in [0.1, 0.15) is 0 Å². The average molecular weight is 345 g/mol. The van der Waals surface area contributed by atoms with Crippen molar-refractivity contribution in [2.24, 2.45) is 11.3 Å². The van der Waals surface area contributed by atoms with Crippen LogP contribution in [0.1, 0.15) is 62.0 Å². The van der Waals surface area contributed by atoms with Gasteiger partial charge in [-0.3, -0.25) is 9.59 Å². The summed E-state index contributed by atoms with van der Waals surface area (Å²) in [5, 5.41) is 0. The van der Waals surface area contributed by atoms with E-state index in [1.54, 1.807) is 0 Å². The lowest BCUT2D eigenvalue weighted by Crippen LogP contribution is -2.55. The third kappa shape index (κ3) is 3.91. The molecule has 138 valence electrons. The zero-order valence-electron chi connectivity index (χ0n) is 15.8. The molecule has 0 saturated carbocycles. The van der Waals surface area contributed by atoms with E-state index in [1.807, 2.05) is 24.1 Å². The van der Waals surface area contributed by atoms with Gasteiger partial charge in [-0.1, -0.05) is 13.8 Å². The molecule has 0 bridgehead atoms. The number of hydrogen-bond donors (Lipinski definition) is 1. The molecule has 2 amide bonds. The molecule has 25 heavy (non-hydrogen) atoms. The molecule has 2 fully saturated rings. The number of rotatable bonds is 4. The number of carbonyl (C=O) groups excluding carboxylic acids is 2. The van der Waals surface area contributed by atoms with Gasteiger partial charge in [-0.25, -0.2) is 0 Å². The first kappa shape index (κ1) is 18.0. The highest BCUT2D eigenvalue weighted by Crippen LogP contribution is 2.39. The van der Waals surface area contributed by atoms with Crippen LogP contribution in [0.5, 0.6) is 0 Å². The molecule has 1 atom stereocenters. The Morgan fingerprint density at radius 3 is 2.80 bits per heavy atom. The van der Waals surface area contributed by atoms with E-state index in [-0.39, 0.29) is 17.2 Å². The van der Waals surface area contributed by atoms with Gasteiger partial charge in [0, 0.05) is 49.9 Å². The van der Waals surface area contributed by atoms with Gasteiger partial charge in [0.2, 0.25) is 5.91 Å². The molecular weight excluding hydrogens is 314 g/mol. The van der Waals surface area contributed by atoms with Crippen LogP contribution >= 0.6 is 0 Å². The van der Waals surface area contributed by atoms with Crippen molar-refractivity contribution in [1.29, 1.82) is 0 Å². The van der Waals surface area contributed by atoms with E-state index >= 15 is 0 Å². The molecule has 0 aliphatic carbocycles. The Hall–Kier alpha value is -1.78. The van der Waals surface area contributed by atoms with Crippen LogP contribution in [0.25, 0.3) is 0 Å². The maximum atomic E-state index is 12.9. The van der Waals surface area contributed by atoms with E-state index in [0.717, 1.165) is 63.1 Å². The van der Waals surface area contributed by atoms with Gasteiger partial charge < -0.3 is 14.8 Å². The van der Waals surface area contributed by atoms with Crippen molar-refractivity contribution < 1.29 is 9.59 Å². The predicted molar refractivity (Wildman–Crippen MR) is 98.4 cm³/mol. The van der Waals surface area contributed by atoms with Gasteiger partial charge in [-0.05, 0) is 44.6 Å². The van der Waals surface area contributed by atoms with Crippen molar-refractivity contribution in [2.75, 3.05) is 26.2 Å². The van der Waals surface area contributed by atoms with Gasteiger partial charge in [0.15, 0.2) is 0 Å². The number of likely N-dealkylation sites (tertiary alicyclic amines) is 2. The first-order chi connectivity index (χ1) is 11.9. The van der Waals surface area contributed by atoms with Crippen molar-refractivity contribution in [1.82, 2.24) is 14.8 Å². The van der Waals surface area contributed by atoms with E-state index in [1.165, 1.54) is 0 Å². The second-order valence-corrected chi connectivity index (χ2v) is 8.34. The Labute approximate surface area is 150 Å². The Balaban J connectivity index is 1.70. The largest absolute Gasteiger partial charge is 0.365 e. The Bertz CT molecular complexity index is 637. The molecule has 2 saturated heterocycles. The van der Waals surface area contributed by atoms with E-state index in [2.05, 4.69) is 23.7 Å². The summed E-state index contributed by atoms with van der Waals surface area (Å²) in [5.41, 5.74) is 1.80. The number of H-pyrrole nitrogens is 1. The van der Waals surface area contributed by atoms with Crippen LogP contribution in [-0.2, 0) is 4.79 Å². The number of nitrogens with zero attached hydrogens (tertiary/aromatic N) is 2. The Kier molecular flexibility index (Phi) is 5.21. The fraction of sp³-hybridized carbons (Fsp3) is 0.700. The van der Waals surface area contributed by atoms with Crippen LogP contribution in [0, 0.1) is 18.3 Å². The second-order valence-electron chi connectivity index (χ2n) is 8.34. The maximum Gasteiger partial charge on any atom is 0.255 e. The highest BCUT2D eigenvalue weighted by atomic mass is 16.2. The van der Waals surface area contributed by atoms with E-state index in [0.29, 0.717) is 12.3 Å². The number of aromatic nitrogens is 1. The molecular formula is C20H31N3O2. The summed E-state index contributed by atoms with van der Waals surface area (Å²) in [6.07, 6.45) is 6.57. The molecule has 0 unspecified atom stereocenters. The maximum absolute atomic E-state index is 12.9. The van der Waals surface area contributed by atoms with Crippen LogP contribution in [0.4, 0.5) is 0 Å². The van der Waals surface area contributed by atoms with Gasteiger partial charge >= 0.3 is 0 Å². The van der Waals surface area contributed by atoms with Gasteiger partial charge in [0.05, 0.1) is 5.56 Å². The van der Waals surface area contributed by atoms with Gasteiger partial charge in [-0.2, -0.15) is 0 Å². The molecule has 5 nitrogen and oxygen atoms in total.